The number of nitrogens with one attached hydrogen (secondary N) is 1. The highest BCUT2D eigenvalue weighted by molar-refractivity contribution is 5.35. The monoisotopic (exact) mass is 163 g/mol. The van der Waals surface area contributed by atoms with Crippen molar-refractivity contribution < 1.29 is 0 Å². The fourth-order valence-electron chi connectivity index (χ4n) is 0.839. The van der Waals surface area contributed by atoms with Gasteiger partial charge in [0.2, 0.25) is 0 Å². The zero-order valence-electron chi connectivity index (χ0n) is 8.15. The maximum Gasteiger partial charge on any atom is 0.0450 e. The molecule has 0 unspecified atom stereocenters. The molecule has 0 radical (unpaired) electrons. The predicted octanol–water partition coefficient (Wildman–Crippen LogP) is 1.73. The highest BCUT2D eigenvalue weighted by Gasteiger charge is 1.86. The Kier molecular flexibility index (Phi) is 4.86. The van der Waals surface area contributed by atoms with Crippen molar-refractivity contribution in [1.82, 2.24) is 4.98 Å². The third-order valence-electron chi connectivity index (χ3n) is 1.53. The molecule has 0 aromatic carbocycles. The van der Waals surface area contributed by atoms with E-state index in [-0.39, 0.29) is 0 Å². The van der Waals surface area contributed by atoms with E-state index in [9.17, 15) is 0 Å². The predicted molar refractivity (Wildman–Crippen MR) is 56.3 cm³/mol. The van der Waals surface area contributed by atoms with Crippen LogP contribution in [0, 0.1) is 6.92 Å². The number of aryl methyl sites for hydroxylation is 1. The Labute approximate surface area is 74.1 Å². The summed E-state index contributed by atoms with van der Waals surface area (Å²) in [6.07, 6.45) is 5.60. The second-order valence-corrected chi connectivity index (χ2v) is 2.27. The summed E-state index contributed by atoms with van der Waals surface area (Å²) in [6, 6.07) is 0. The minimum absolute atomic E-state index is 1.05. The standard InChI is InChI=1S/C9H11N.C2H6/c1-4-5-9-8(3)7(2)6-10-9;1-2/h4-6,10H,1,3H2,2H3;1-2H3/b9-5+;. The molecule has 12 heavy (non-hydrogen) atoms. The van der Waals surface area contributed by atoms with Gasteiger partial charge in [0.25, 0.3) is 0 Å². The van der Waals surface area contributed by atoms with Crippen LogP contribution in [0.25, 0.3) is 12.7 Å². The van der Waals surface area contributed by atoms with E-state index >= 15 is 0 Å². The van der Waals surface area contributed by atoms with Gasteiger partial charge in [-0.15, -0.1) is 0 Å². The van der Waals surface area contributed by atoms with Gasteiger partial charge in [0.1, 0.15) is 0 Å². The first kappa shape index (κ1) is 10.8. The largest absolute Gasteiger partial charge is 0.361 e. The van der Waals surface area contributed by atoms with Crippen molar-refractivity contribution in [2.24, 2.45) is 0 Å². The number of hydrogen-bond donors (Lipinski definition) is 1. The van der Waals surface area contributed by atoms with Crippen molar-refractivity contribution >= 4 is 12.7 Å². The molecule has 1 aromatic heterocycles. The van der Waals surface area contributed by atoms with Crippen LogP contribution in [0.3, 0.4) is 0 Å². The van der Waals surface area contributed by atoms with Gasteiger partial charge in [-0.25, -0.2) is 0 Å². The molecule has 0 aliphatic heterocycles. The van der Waals surface area contributed by atoms with Crippen LogP contribution in [0.15, 0.2) is 18.9 Å². The van der Waals surface area contributed by atoms with Gasteiger partial charge < -0.3 is 4.98 Å². The van der Waals surface area contributed by atoms with E-state index < -0.39 is 0 Å². The van der Waals surface area contributed by atoms with Gasteiger partial charge in [-0.3, -0.25) is 0 Å². The van der Waals surface area contributed by atoms with Crippen LogP contribution < -0.4 is 10.6 Å². The van der Waals surface area contributed by atoms with Crippen molar-refractivity contribution in [2.75, 3.05) is 0 Å². The minimum atomic E-state index is 1.05. The van der Waals surface area contributed by atoms with Crippen molar-refractivity contribution in [3.63, 3.8) is 0 Å². The average molecular weight is 163 g/mol. The van der Waals surface area contributed by atoms with Gasteiger partial charge in [-0.05, 0) is 23.8 Å². The Hall–Kier alpha value is -1.24. The highest BCUT2D eigenvalue weighted by atomic mass is 14.6. The highest BCUT2D eigenvalue weighted by Crippen LogP contribution is 1.77. The van der Waals surface area contributed by atoms with Gasteiger partial charge in [-0.2, -0.15) is 0 Å². The molecule has 1 aromatic rings. The quantitative estimate of drug-likeness (QED) is 0.649. The lowest BCUT2D eigenvalue weighted by Crippen LogP contribution is -2.21. The van der Waals surface area contributed by atoms with E-state index in [0.717, 1.165) is 10.6 Å². The van der Waals surface area contributed by atoms with Gasteiger partial charge in [0.05, 0.1) is 0 Å². The lowest BCUT2D eigenvalue weighted by Gasteiger charge is -1.75. The molecule has 0 saturated carbocycles. The smallest absolute Gasteiger partial charge is 0.0450 e. The first-order valence-corrected chi connectivity index (χ1v) is 4.21. The Bertz CT molecular complexity index is 330. The summed E-state index contributed by atoms with van der Waals surface area (Å²) < 4.78 is 0. The zero-order valence-corrected chi connectivity index (χ0v) is 8.15. The van der Waals surface area contributed by atoms with Crippen molar-refractivity contribution in [3.8, 4) is 0 Å². The van der Waals surface area contributed by atoms with Crippen LogP contribution in [-0.2, 0) is 0 Å². The number of H-pyrrole nitrogens is 1. The Morgan fingerprint density at radius 1 is 1.42 bits per heavy atom. The zero-order chi connectivity index (χ0) is 9.56. The SMILES string of the molecule is C=C/C=c1/[nH]cc(C)c1=C.CC. The first-order chi connectivity index (χ1) is 5.75. The Morgan fingerprint density at radius 3 is 2.33 bits per heavy atom. The lowest BCUT2D eigenvalue weighted by atomic mass is 10.3. The van der Waals surface area contributed by atoms with Crippen LogP contribution in [0.1, 0.15) is 19.4 Å². The summed E-state index contributed by atoms with van der Waals surface area (Å²) in [5.41, 5.74) is 1.19. The second-order valence-electron chi connectivity index (χ2n) is 2.27. The molecule has 1 N–H and O–H groups in total. The first-order valence-electron chi connectivity index (χ1n) is 4.21. The summed E-state index contributed by atoms with van der Waals surface area (Å²) in [4.78, 5) is 3.09. The normalized spacial score (nSPS) is 10.4. The van der Waals surface area contributed by atoms with Crippen molar-refractivity contribution in [2.45, 2.75) is 20.8 Å². The molecule has 1 nitrogen and oxygen atoms in total. The van der Waals surface area contributed by atoms with Crippen LogP contribution in [0.5, 0.6) is 0 Å². The second kappa shape index (κ2) is 5.42. The lowest BCUT2D eigenvalue weighted by molar-refractivity contribution is 1.32. The minimum Gasteiger partial charge on any atom is -0.361 e. The molecule has 0 atom stereocenters. The maximum absolute atomic E-state index is 3.89. The molecular formula is C11H17N. The summed E-state index contributed by atoms with van der Waals surface area (Å²) in [5.74, 6) is 0. The van der Waals surface area contributed by atoms with E-state index in [2.05, 4.69) is 18.1 Å². The molecule has 0 amide bonds. The van der Waals surface area contributed by atoms with E-state index in [1.54, 1.807) is 6.08 Å². The van der Waals surface area contributed by atoms with Crippen molar-refractivity contribution in [3.05, 3.63) is 35.0 Å². The molecule has 0 fully saturated rings. The van der Waals surface area contributed by atoms with E-state index in [4.69, 9.17) is 0 Å². The molecule has 0 bridgehead atoms. The average Bonchev–Trinajstić information content (AvgIpc) is 2.41. The molecule has 0 aliphatic rings. The summed E-state index contributed by atoms with van der Waals surface area (Å²) in [7, 11) is 0. The molecule has 0 aliphatic carbocycles. The third kappa shape index (κ3) is 2.42. The van der Waals surface area contributed by atoms with Gasteiger partial charge in [-0.1, -0.05) is 33.1 Å². The number of allylic oxidation sites excluding steroid dienone is 1. The molecule has 66 valence electrons. The Morgan fingerprint density at radius 2 is 2.00 bits per heavy atom. The molecule has 1 heterocycles. The van der Waals surface area contributed by atoms with Crippen molar-refractivity contribution in [1.29, 1.82) is 0 Å². The Balaban J connectivity index is 0.000000561. The van der Waals surface area contributed by atoms with Crippen LogP contribution >= 0.6 is 0 Å². The van der Waals surface area contributed by atoms with E-state index in [1.807, 2.05) is 33.0 Å². The summed E-state index contributed by atoms with van der Waals surface area (Å²) in [5, 5.41) is 2.10. The van der Waals surface area contributed by atoms with Gasteiger partial charge in [0.15, 0.2) is 0 Å². The summed E-state index contributed by atoms with van der Waals surface area (Å²) >= 11 is 0. The van der Waals surface area contributed by atoms with Crippen LogP contribution in [-0.4, -0.2) is 4.98 Å². The van der Waals surface area contributed by atoms with E-state index in [0.29, 0.717) is 0 Å². The fourth-order valence-corrected chi connectivity index (χ4v) is 0.839. The molecule has 0 saturated heterocycles. The van der Waals surface area contributed by atoms with Crippen LogP contribution in [0.4, 0.5) is 0 Å². The molecule has 1 rings (SSSR count). The number of aromatic amines is 1. The molecule has 0 spiro atoms. The number of rotatable bonds is 1. The fraction of sp³-hybridized carbons (Fsp3) is 0.273. The molecular weight excluding hydrogens is 146 g/mol. The number of hydrogen-bond acceptors (Lipinski definition) is 0. The topological polar surface area (TPSA) is 15.8 Å². The summed E-state index contributed by atoms with van der Waals surface area (Å²) in [6.45, 7) is 13.5. The maximum atomic E-state index is 3.89. The van der Waals surface area contributed by atoms with E-state index in [1.165, 1.54) is 5.56 Å². The number of aromatic nitrogens is 1. The molecule has 1 heteroatoms. The third-order valence-corrected chi connectivity index (χ3v) is 1.53. The van der Waals surface area contributed by atoms with Gasteiger partial charge >= 0.3 is 0 Å². The van der Waals surface area contributed by atoms with Crippen LogP contribution in [0.2, 0.25) is 0 Å². The van der Waals surface area contributed by atoms with Gasteiger partial charge in [0, 0.05) is 11.5 Å².